The van der Waals surface area contributed by atoms with Gasteiger partial charge < -0.3 is 10.5 Å². The molecule has 3 nitrogen and oxygen atoms in total. The first kappa shape index (κ1) is 7.54. The summed E-state index contributed by atoms with van der Waals surface area (Å²) in [6.45, 7) is 3.94. The summed E-state index contributed by atoms with van der Waals surface area (Å²) in [6, 6.07) is -0.398. The van der Waals surface area contributed by atoms with E-state index in [4.69, 9.17) is 10.5 Å². The molecule has 1 fully saturated rings. The Morgan fingerprint density at radius 2 is 2.30 bits per heavy atom. The van der Waals surface area contributed by atoms with Crippen molar-refractivity contribution in [1.82, 2.24) is 0 Å². The van der Waals surface area contributed by atoms with Crippen LogP contribution in [0.3, 0.4) is 0 Å². The predicted molar refractivity (Wildman–Crippen MR) is 37.3 cm³/mol. The lowest BCUT2D eigenvalue weighted by atomic mass is 9.98. The van der Waals surface area contributed by atoms with Crippen molar-refractivity contribution in [3.8, 4) is 0 Å². The van der Waals surface area contributed by atoms with Crippen molar-refractivity contribution >= 4 is 5.97 Å². The van der Waals surface area contributed by atoms with Gasteiger partial charge in [0.2, 0.25) is 0 Å². The molecule has 0 amide bonds. The Morgan fingerprint density at radius 3 is 2.50 bits per heavy atom. The standard InChI is InChI=1S/C7H13NO2/c1-3-5-4(2)6(8)7(9)10-5/h4-6H,3,8H2,1-2H3. The van der Waals surface area contributed by atoms with Crippen LogP contribution in [0, 0.1) is 5.92 Å². The molecule has 1 aliphatic rings. The molecular weight excluding hydrogens is 130 g/mol. The molecule has 3 atom stereocenters. The van der Waals surface area contributed by atoms with E-state index in [0.29, 0.717) is 0 Å². The van der Waals surface area contributed by atoms with Crippen LogP contribution in [0.2, 0.25) is 0 Å². The second-order valence-electron chi connectivity index (χ2n) is 2.77. The van der Waals surface area contributed by atoms with Crippen LogP contribution in [0.5, 0.6) is 0 Å². The van der Waals surface area contributed by atoms with Crippen LogP contribution in [0.4, 0.5) is 0 Å². The van der Waals surface area contributed by atoms with Crippen LogP contribution >= 0.6 is 0 Å². The molecule has 0 radical (unpaired) electrons. The zero-order valence-electron chi connectivity index (χ0n) is 6.33. The molecule has 0 saturated carbocycles. The largest absolute Gasteiger partial charge is 0.461 e. The average molecular weight is 143 g/mol. The van der Waals surface area contributed by atoms with E-state index in [-0.39, 0.29) is 18.0 Å². The number of hydrogen-bond acceptors (Lipinski definition) is 3. The number of ether oxygens (including phenoxy) is 1. The van der Waals surface area contributed by atoms with E-state index in [2.05, 4.69) is 0 Å². The summed E-state index contributed by atoms with van der Waals surface area (Å²) in [5.41, 5.74) is 5.51. The van der Waals surface area contributed by atoms with E-state index < -0.39 is 6.04 Å². The molecule has 1 rings (SSSR count). The lowest BCUT2D eigenvalue weighted by Gasteiger charge is -2.10. The van der Waals surface area contributed by atoms with Crippen LogP contribution < -0.4 is 5.73 Å². The number of carbonyl (C=O) groups excluding carboxylic acids is 1. The van der Waals surface area contributed by atoms with Crippen molar-refractivity contribution in [1.29, 1.82) is 0 Å². The molecule has 3 heteroatoms. The van der Waals surface area contributed by atoms with E-state index in [1.54, 1.807) is 0 Å². The van der Waals surface area contributed by atoms with E-state index in [1.165, 1.54) is 0 Å². The van der Waals surface area contributed by atoms with Crippen molar-refractivity contribution in [2.75, 3.05) is 0 Å². The van der Waals surface area contributed by atoms with Crippen LogP contribution in [-0.2, 0) is 9.53 Å². The Bertz CT molecular complexity index is 147. The molecule has 0 aromatic heterocycles. The van der Waals surface area contributed by atoms with Crippen LogP contribution in [0.15, 0.2) is 0 Å². The van der Waals surface area contributed by atoms with Gasteiger partial charge in [-0.1, -0.05) is 13.8 Å². The Morgan fingerprint density at radius 1 is 1.70 bits per heavy atom. The first-order chi connectivity index (χ1) is 4.66. The van der Waals surface area contributed by atoms with E-state index in [0.717, 1.165) is 6.42 Å². The number of cyclic esters (lactones) is 1. The second-order valence-corrected chi connectivity index (χ2v) is 2.77. The maximum absolute atomic E-state index is 10.8. The van der Waals surface area contributed by atoms with Crippen molar-refractivity contribution in [3.05, 3.63) is 0 Å². The normalized spacial score (nSPS) is 39.9. The van der Waals surface area contributed by atoms with Gasteiger partial charge >= 0.3 is 5.97 Å². The zero-order valence-corrected chi connectivity index (χ0v) is 6.33. The number of nitrogens with two attached hydrogens (primary N) is 1. The van der Waals surface area contributed by atoms with Gasteiger partial charge in [0.1, 0.15) is 12.1 Å². The summed E-state index contributed by atoms with van der Waals surface area (Å²) in [4.78, 5) is 10.8. The molecule has 58 valence electrons. The third-order valence-electron chi connectivity index (χ3n) is 2.09. The van der Waals surface area contributed by atoms with Crippen LogP contribution in [0.1, 0.15) is 20.3 Å². The minimum atomic E-state index is -0.398. The molecule has 0 aromatic rings. The molecule has 1 saturated heterocycles. The second kappa shape index (κ2) is 2.58. The third-order valence-corrected chi connectivity index (χ3v) is 2.09. The number of esters is 1. The van der Waals surface area contributed by atoms with E-state index in [1.807, 2.05) is 13.8 Å². The summed E-state index contributed by atoms with van der Waals surface area (Å²) in [5, 5.41) is 0. The zero-order chi connectivity index (χ0) is 7.72. The minimum absolute atomic E-state index is 0.0440. The monoisotopic (exact) mass is 143 g/mol. The Labute approximate surface area is 60.5 Å². The van der Waals surface area contributed by atoms with Crippen molar-refractivity contribution in [2.45, 2.75) is 32.4 Å². The SMILES string of the molecule is CCC1OC(=O)C(N)C1C. The molecule has 10 heavy (non-hydrogen) atoms. The van der Waals surface area contributed by atoms with Crippen molar-refractivity contribution < 1.29 is 9.53 Å². The first-order valence-electron chi connectivity index (χ1n) is 3.63. The Hall–Kier alpha value is -0.570. The molecule has 1 aliphatic heterocycles. The molecule has 2 N–H and O–H groups in total. The maximum atomic E-state index is 10.8. The smallest absolute Gasteiger partial charge is 0.323 e. The van der Waals surface area contributed by atoms with Gasteiger partial charge in [-0.05, 0) is 6.42 Å². The highest BCUT2D eigenvalue weighted by atomic mass is 16.6. The minimum Gasteiger partial charge on any atom is -0.461 e. The van der Waals surface area contributed by atoms with Crippen molar-refractivity contribution in [3.63, 3.8) is 0 Å². The fraction of sp³-hybridized carbons (Fsp3) is 0.857. The van der Waals surface area contributed by atoms with Gasteiger partial charge in [-0.3, -0.25) is 4.79 Å². The van der Waals surface area contributed by atoms with Crippen LogP contribution in [0.25, 0.3) is 0 Å². The highest BCUT2D eigenvalue weighted by Gasteiger charge is 2.37. The van der Waals surface area contributed by atoms with Gasteiger partial charge in [0.25, 0.3) is 0 Å². The molecule has 0 bridgehead atoms. The summed E-state index contributed by atoms with van der Waals surface area (Å²) < 4.78 is 4.97. The quantitative estimate of drug-likeness (QED) is 0.536. The van der Waals surface area contributed by atoms with Crippen molar-refractivity contribution in [2.24, 2.45) is 11.7 Å². The first-order valence-corrected chi connectivity index (χ1v) is 3.63. The lowest BCUT2D eigenvalue weighted by molar-refractivity contribution is -0.142. The van der Waals surface area contributed by atoms with Gasteiger partial charge in [0.05, 0.1) is 0 Å². The Kier molecular flexibility index (Phi) is 1.94. The molecule has 0 spiro atoms. The highest BCUT2D eigenvalue weighted by molar-refractivity contribution is 5.78. The molecule has 3 unspecified atom stereocenters. The predicted octanol–water partition coefficient (Wildman–Crippen LogP) is 0.285. The van der Waals surface area contributed by atoms with E-state index >= 15 is 0 Å². The third kappa shape index (κ3) is 1.01. The number of rotatable bonds is 1. The van der Waals surface area contributed by atoms with Gasteiger partial charge in [0, 0.05) is 5.92 Å². The maximum Gasteiger partial charge on any atom is 0.323 e. The number of hydrogen-bond donors (Lipinski definition) is 1. The fourth-order valence-corrected chi connectivity index (χ4v) is 1.24. The van der Waals surface area contributed by atoms with Gasteiger partial charge in [-0.25, -0.2) is 0 Å². The summed E-state index contributed by atoms with van der Waals surface area (Å²) in [5.74, 6) is -0.0724. The molecular formula is C7H13NO2. The lowest BCUT2D eigenvalue weighted by Crippen LogP contribution is -2.31. The van der Waals surface area contributed by atoms with Gasteiger partial charge in [-0.15, -0.1) is 0 Å². The summed E-state index contributed by atoms with van der Waals surface area (Å²) >= 11 is 0. The number of carbonyl (C=O) groups is 1. The van der Waals surface area contributed by atoms with Gasteiger partial charge in [0.15, 0.2) is 0 Å². The molecule has 1 heterocycles. The van der Waals surface area contributed by atoms with Crippen LogP contribution in [-0.4, -0.2) is 18.1 Å². The fourth-order valence-electron chi connectivity index (χ4n) is 1.24. The van der Waals surface area contributed by atoms with E-state index in [9.17, 15) is 4.79 Å². The summed E-state index contributed by atoms with van der Waals surface area (Å²) in [6.07, 6.45) is 0.906. The Balaban J connectivity index is 2.61. The summed E-state index contributed by atoms with van der Waals surface area (Å²) in [7, 11) is 0. The topological polar surface area (TPSA) is 52.3 Å². The molecule has 0 aliphatic carbocycles. The average Bonchev–Trinajstić information content (AvgIpc) is 2.17. The molecule has 0 aromatic carbocycles. The highest BCUT2D eigenvalue weighted by Crippen LogP contribution is 2.22. The van der Waals surface area contributed by atoms with Gasteiger partial charge in [-0.2, -0.15) is 0 Å².